The van der Waals surface area contributed by atoms with Gasteiger partial charge in [-0.15, -0.1) is 0 Å². The minimum atomic E-state index is -0.226. The van der Waals surface area contributed by atoms with Crippen molar-refractivity contribution in [3.05, 3.63) is 47.5 Å². The predicted molar refractivity (Wildman–Crippen MR) is 84.9 cm³/mol. The third-order valence-corrected chi connectivity index (χ3v) is 4.45. The van der Waals surface area contributed by atoms with Gasteiger partial charge in [0.25, 0.3) is 0 Å². The van der Waals surface area contributed by atoms with E-state index in [1.807, 2.05) is 6.08 Å². The summed E-state index contributed by atoms with van der Waals surface area (Å²) in [6, 6.07) is 9.25. The number of rotatable bonds is 6. The van der Waals surface area contributed by atoms with E-state index in [2.05, 4.69) is 37.3 Å². The first-order valence-electron chi connectivity index (χ1n) is 8.15. The molecule has 0 nitrogen and oxygen atoms in total. The molecule has 0 radical (unpaired) electrons. The van der Waals surface area contributed by atoms with Gasteiger partial charge >= 0.3 is 0 Å². The maximum atomic E-state index is 12.1. The van der Waals surface area contributed by atoms with Crippen molar-refractivity contribution < 1.29 is 4.39 Å². The zero-order valence-corrected chi connectivity index (χ0v) is 12.7. The van der Waals surface area contributed by atoms with E-state index in [1.54, 1.807) is 0 Å². The van der Waals surface area contributed by atoms with E-state index in [0.717, 1.165) is 5.92 Å². The Morgan fingerprint density at radius 1 is 1.10 bits per heavy atom. The summed E-state index contributed by atoms with van der Waals surface area (Å²) in [5.74, 6) is 1.41. The molecule has 1 saturated carbocycles. The smallest absolute Gasteiger partial charge is 0.0928 e. The number of aryl methyl sites for hydroxylation is 1. The van der Waals surface area contributed by atoms with Gasteiger partial charge in [0.1, 0.15) is 0 Å². The number of hydrogen-bond donors (Lipinski definition) is 0. The molecule has 0 spiro atoms. The van der Waals surface area contributed by atoms with E-state index in [9.17, 15) is 4.39 Å². The van der Waals surface area contributed by atoms with Crippen LogP contribution in [0.3, 0.4) is 0 Å². The Morgan fingerprint density at radius 2 is 1.80 bits per heavy atom. The molecule has 1 aliphatic carbocycles. The quantitative estimate of drug-likeness (QED) is 0.573. The van der Waals surface area contributed by atoms with E-state index < -0.39 is 0 Å². The summed E-state index contributed by atoms with van der Waals surface area (Å²) in [5, 5.41) is 0. The molecule has 1 aromatic rings. The van der Waals surface area contributed by atoms with Crippen molar-refractivity contribution in [1.82, 2.24) is 0 Å². The first kappa shape index (κ1) is 15.3. The van der Waals surface area contributed by atoms with Crippen LogP contribution in [0.15, 0.2) is 36.4 Å². The van der Waals surface area contributed by atoms with Crippen molar-refractivity contribution in [2.75, 3.05) is 6.67 Å². The maximum absolute atomic E-state index is 12.1. The SMILES string of the molecule is CCCc1ccc([C@H]2CC[C@H](/C=C/CCF)CC2)cc1. The van der Waals surface area contributed by atoms with Crippen LogP contribution in [0.1, 0.15) is 62.5 Å². The van der Waals surface area contributed by atoms with Gasteiger partial charge in [0, 0.05) is 0 Å². The monoisotopic (exact) mass is 274 g/mol. The molecule has 110 valence electrons. The van der Waals surface area contributed by atoms with Crippen LogP contribution in [0, 0.1) is 5.92 Å². The molecule has 2 rings (SSSR count). The van der Waals surface area contributed by atoms with E-state index in [-0.39, 0.29) is 6.67 Å². The van der Waals surface area contributed by atoms with Crippen LogP contribution < -0.4 is 0 Å². The molecule has 0 aliphatic heterocycles. The normalized spacial score (nSPS) is 23.3. The molecule has 1 aromatic carbocycles. The summed E-state index contributed by atoms with van der Waals surface area (Å²) < 4.78 is 12.1. The zero-order chi connectivity index (χ0) is 14.2. The molecule has 0 heterocycles. The highest BCUT2D eigenvalue weighted by Gasteiger charge is 2.20. The maximum Gasteiger partial charge on any atom is 0.0928 e. The Labute approximate surface area is 123 Å². The van der Waals surface area contributed by atoms with E-state index in [0.29, 0.717) is 12.3 Å². The van der Waals surface area contributed by atoms with Crippen LogP contribution >= 0.6 is 0 Å². The number of hydrogen-bond acceptors (Lipinski definition) is 0. The summed E-state index contributed by atoms with van der Waals surface area (Å²) in [4.78, 5) is 0. The standard InChI is InChI=1S/C19H27F/c1-2-5-16-7-11-18(12-8-16)19-13-9-17(10-14-19)6-3-4-15-20/h3,6-8,11-12,17,19H,2,4-5,9-10,13-15H2,1H3/b6-3+/t17-,19-. The molecule has 0 unspecified atom stereocenters. The van der Waals surface area contributed by atoms with Crippen molar-refractivity contribution in [2.45, 2.75) is 57.8 Å². The molecule has 0 aromatic heterocycles. The second-order valence-corrected chi connectivity index (χ2v) is 6.01. The highest BCUT2D eigenvalue weighted by Crippen LogP contribution is 2.36. The van der Waals surface area contributed by atoms with Gasteiger partial charge in [0.15, 0.2) is 0 Å². The number of alkyl halides is 1. The molecule has 0 amide bonds. The van der Waals surface area contributed by atoms with Crippen LogP contribution in [-0.4, -0.2) is 6.67 Å². The lowest BCUT2D eigenvalue weighted by atomic mass is 9.78. The summed E-state index contributed by atoms with van der Waals surface area (Å²) >= 11 is 0. The van der Waals surface area contributed by atoms with Crippen LogP contribution in [0.4, 0.5) is 4.39 Å². The van der Waals surface area contributed by atoms with E-state index in [4.69, 9.17) is 0 Å². The Kier molecular flexibility index (Phi) is 6.29. The third kappa shape index (κ3) is 4.47. The summed E-state index contributed by atoms with van der Waals surface area (Å²) in [5.41, 5.74) is 2.97. The van der Waals surface area contributed by atoms with Gasteiger partial charge in [0.05, 0.1) is 6.67 Å². The van der Waals surface area contributed by atoms with Gasteiger partial charge < -0.3 is 0 Å². The van der Waals surface area contributed by atoms with E-state index >= 15 is 0 Å². The zero-order valence-electron chi connectivity index (χ0n) is 12.7. The van der Waals surface area contributed by atoms with Crippen molar-refractivity contribution in [3.8, 4) is 0 Å². The summed E-state index contributed by atoms with van der Waals surface area (Å²) in [6.45, 7) is 2.00. The summed E-state index contributed by atoms with van der Waals surface area (Å²) in [6.07, 6.45) is 12.3. The number of allylic oxidation sites excluding steroid dienone is 2. The second-order valence-electron chi connectivity index (χ2n) is 6.01. The fourth-order valence-corrected chi connectivity index (χ4v) is 3.24. The lowest BCUT2D eigenvalue weighted by molar-refractivity contribution is 0.375. The first-order valence-corrected chi connectivity index (χ1v) is 8.15. The van der Waals surface area contributed by atoms with Crippen LogP contribution in [0.25, 0.3) is 0 Å². The Hall–Kier alpha value is -1.11. The van der Waals surface area contributed by atoms with Crippen LogP contribution in [0.2, 0.25) is 0 Å². The number of benzene rings is 1. The molecule has 0 saturated heterocycles. The fourth-order valence-electron chi connectivity index (χ4n) is 3.24. The Balaban J connectivity index is 1.83. The molecule has 0 N–H and O–H groups in total. The largest absolute Gasteiger partial charge is 0.251 e. The van der Waals surface area contributed by atoms with Crippen molar-refractivity contribution in [1.29, 1.82) is 0 Å². The third-order valence-electron chi connectivity index (χ3n) is 4.45. The molecule has 0 bridgehead atoms. The number of halogens is 1. The molecule has 1 fully saturated rings. The lowest BCUT2D eigenvalue weighted by Gasteiger charge is -2.27. The fraction of sp³-hybridized carbons (Fsp3) is 0.579. The molecule has 0 atom stereocenters. The predicted octanol–water partition coefficient (Wildman–Crippen LogP) is 5.83. The minimum Gasteiger partial charge on any atom is -0.251 e. The second kappa shape index (κ2) is 8.24. The van der Waals surface area contributed by atoms with Gasteiger partial charge in [0.2, 0.25) is 0 Å². The lowest BCUT2D eigenvalue weighted by Crippen LogP contribution is -2.11. The van der Waals surface area contributed by atoms with Gasteiger partial charge in [-0.05, 0) is 61.5 Å². The first-order chi connectivity index (χ1) is 9.83. The highest BCUT2D eigenvalue weighted by molar-refractivity contribution is 5.26. The van der Waals surface area contributed by atoms with Gasteiger partial charge in [-0.25, -0.2) is 0 Å². The van der Waals surface area contributed by atoms with Crippen LogP contribution in [0.5, 0.6) is 0 Å². The molecule has 1 aliphatic rings. The molecular weight excluding hydrogens is 247 g/mol. The van der Waals surface area contributed by atoms with Crippen molar-refractivity contribution in [3.63, 3.8) is 0 Å². The average Bonchev–Trinajstić information content (AvgIpc) is 2.49. The Morgan fingerprint density at radius 3 is 2.40 bits per heavy atom. The Bertz CT molecular complexity index is 396. The molecule has 20 heavy (non-hydrogen) atoms. The van der Waals surface area contributed by atoms with Crippen molar-refractivity contribution >= 4 is 0 Å². The molecular formula is C19H27F. The van der Waals surface area contributed by atoms with Gasteiger partial charge in [-0.1, -0.05) is 49.8 Å². The van der Waals surface area contributed by atoms with Gasteiger partial charge in [-0.3, -0.25) is 4.39 Å². The van der Waals surface area contributed by atoms with Crippen LogP contribution in [-0.2, 0) is 6.42 Å². The minimum absolute atomic E-state index is 0.226. The summed E-state index contributed by atoms with van der Waals surface area (Å²) in [7, 11) is 0. The highest BCUT2D eigenvalue weighted by atomic mass is 19.1. The van der Waals surface area contributed by atoms with Gasteiger partial charge in [-0.2, -0.15) is 0 Å². The average molecular weight is 274 g/mol. The van der Waals surface area contributed by atoms with E-state index in [1.165, 1.54) is 49.7 Å². The molecule has 1 heteroatoms. The topological polar surface area (TPSA) is 0 Å². The van der Waals surface area contributed by atoms with Crippen molar-refractivity contribution in [2.24, 2.45) is 5.92 Å².